The molecule has 3 aromatic heterocycles. The van der Waals surface area contributed by atoms with Gasteiger partial charge in [0, 0.05) is 10.4 Å². The molecule has 8 heteroatoms. The van der Waals surface area contributed by atoms with Crippen molar-refractivity contribution >= 4 is 39.1 Å². The Morgan fingerprint density at radius 1 is 1.27 bits per heavy atom. The van der Waals surface area contributed by atoms with Gasteiger partial charge in [0.1, 0.15) is 16.4 Å². The minimum Gasteiger partial charge on any atom is -0.463 e. The van der Waals surface area contributed by atoms with Crippen LogP contribution in [0.25, 0.3) is 21.6 Å². The van der Waals surface area contributed by atoms with Crippen molar-refractivity contribution in [3.05, 3.63) is 73.7 Å². The number of rotatable bonds is 4. The Kier molecular flexibility index (Phi) is 4.72. The van der Waals surface area contributed by atoms with Crippen LogP contribution in [-0.4, -0.2) is 22.6 Å². The molecular weight excluding hydrogens is 424 g/mol. The van der Waals surface area contributed by atoms with E-state index in [1.165, 1.54) is 18.1 Å². The molecule has 0 atom stereocenters. The molecule has 0 fully saturated rings. The van der Waals surface area contributed by atoms with Crippen molar-refractivity contribution in [2.75, 3.05) is 7.11 Å². The summed E-state index contributed by atoms with van der Waals surface area (Å²) in [4.78, 5) is 32.2. The second-order valence-electron chi connectivity index (χ2n) is 7.10. The van der Waals surface area contributed by atoms with Crippen LogP contribution in [0.2, 0.25) is 5.02 Å². The third kappa shape index (κ3) is 3.05. The van der Waals surface area contributed by atoms with Gasteiger partial charge in [-0.3, -0.25) is 9.36 Å². The Balaban J connectivity index is 1.72. The number of aryl methyl sites for hydroxylation is 2. The summed E-state index contributed by atoms with van der Waals surface area (Å²) in [6.45, 7) is 0.129. The van der Waals surface area contributed by atoms with Crippen LogP contribution in [0.4, 0.5) is 0 Å². The summed E-state index contributed by atoms with van der Waals surface area (Å²) in [5, 5.41) is 1.19. The third-order valence-electron chi connectivity index (χ3n) is 5.30. The number of hydrogen-bond donors (Lipinski definition) is 0. The number of nitrogens with zero attached hydrogens (tertiary/aromatic N) is 2. The van der Waals surface area contributed by atoms with E-state index in [4.69, 9.17) is 25.7 Å². The Labute approximate surface area is 180 Å². The SMILES string of the molecule is COC(=O)c1ccc(Cn2c(-c3ccccc3Cl)nc3sc4c(c3c2=O)CCC4)o1. The summed E-state index contributed by atoms with van der Waals surface area (Å²) >= 11 is 8.03. The van der Waals surface area contributed by atoms with Gasteiger partial charge in [0.05, 0.1) is 24.1 Å². The molecule has 0 amide bonds. The van der Waals surface area contributed by atoms with Crippen molar-refractivity contribution in [2.45, 2.75) is 25.8 Å². The minimum atomic E-state index is -0.566. The van der Waals surface area contributed by atoms with Gasteiger partial charge < -0.3 is 9.15 Å². The number of fused-ring (bicyclic) bond motifs is 3. The average Bonchev–Trinajstić information content (AvgIpc) is 3.46. The van der Waals surface area contributed by atoms with E-state index in [2.05, 4.69) is 0 Å². The number of halogens is 1. The molecule has 1 aromatic carbocycles. The lowest BCUT2D eigenvalue weighted by Gasteiger charge is -2.13. The number of ether oxygens (including phenoxy) is 1. The van der Waals surface area contributed by atoms with E-state index in [1.807, 2.05) is 18.2 Å². The van der Waals surface area contributed by atoms with Crippen molar-refractivity contribution in [2.24, 2.45) is 0 Å². The second-order valence-corrected chi connectivity index (χ2v) is 8.59. The first-order chi connectivity index (χ1) is 14.6. The Morgan fingerprint density at radius 3 is 2.90 bits per heavy atom. The summed E-state index contributed by atoms with van der Waals surface area (Å²) in [6, 6.07) is 10.5. The van der Waals surface area contributed by atoms with Gasteiger partial charge in [0.25, 0.3) is 5.56 Å². The van der Waals surface area contributed by atoms with Crippen molar-refractivity contribution in [3.63, 3.8) is 0 Å². The highest BCUT2D eigenvalue weighted by atomic mass is 35.5. The lowest BCUT2D eigenvalue weighted by Crippen LogP contribution is -2.24. The number of benzene rings is 1. The average molecular weight is 441 g/mol. The van der Waals surface area contributed by atoms with Crippen LogP contribution in [0.3, 0.4) is 0 Å². The molecular formula is C22H17ClN2O4S. The first-order valence-corrected chi connectivity index (χ1v) is 10.7. The maximum atomic E-state index is 13.6. The van der Waals surface area contributed by atoms with Gasteiger partial charge in [-0.05, 0) is 49.1 Å². The molecule has 0 N–H and O–H groups in total. The summed E-state index contributed by atoms with van der Waals surface area (Å²) in [5.41, 5.74) is 1.67. The van der Waals surface area contributed by atoms with E-state index in [-0.39, 0.29) is 17.9 Å². The largest absolute Gasteiger partial charge is 0.463 e. The number of furan rings is 1. The number of thiophene rings is 1. The van der Waals surface area contributed by atoms with Crippen molar-refractivity contribution < 1.29 is 13.9 Å². The summed E-state index contributed by atoms with van der Waals surface area (Å²) in [7, 11) is 1.29. The van der Waals surface area contributed by atoms with Gasteiger partial charge in [0.2, 0.25) is 5.76 Å². The number of carbonyl (C=O) groups excluding carboxylic acids is 1. The lowest BCUT2D eigenvalue weighted by molar-refractivity contribution is 0.0563. The normalized spacial score (nSPS) is 13.0. The van der Waals surface area contributed by atoms with Crippen molar-refractivity contribution in [1.82, 2.24) is 9.55 Å². The topological polar surface area (TPSA) is 74.3 Å². The third-order valence-corrected chi connectivity index (χ3v) is 6.82. The smallest absolute Gasteiger partial charge is 0.373 e. The van der Waals surface area contributed by atoms with Gasteiger partial charge in [-0.25, -0.2) is 9.78 Å². The van der Waals surface area contributed by atoms with E-state index in [0.717, 1.165) is 29.7 Å². The molecule has 6 nitrogen and oxygen atoms in total. The number of methoxy groups -OCH3 is 1. The molecule has 0 aliphatic heterocycles. The molecule has 5 rings (SSSR count). The molecule has 4 aromatic rings. The highest BCUT2D eigenvalue weighted by molar-refractivity contribution is 7.18. The van der Waals surface area contributed by atoms with E-state index in [0.29, 0.717) is 27.6 Å². The molecule has 152 valence electrons. The maximum absolute atomic E-state index is 13.6. The number of aromatic nitrogens is 2. The molecule has 0 bridgehead atoms. The van der Waals surface area contributed by atoms with Crippen LogP contribution in [0.1, 0.15) is 33.2 Å². The summed E-state index contributed by atoms with van der Waals surface area (Å²) < 4.78 is 11.9. The summed E-state index contributed by atoms with van der Waals surface area (Å²) in [6.07, 6.45) is 2.94. The molecule has 0 radical (unpaired) electrons. The monoisotopic (exact) mass is 440 g/mol. The highest BCUT2D eigenvalue weighted by Gasteiger charge is 2.25. The molecule has 0 saturated heterocycles. The van der Waals surface area contributed by atoms with Crippen LogP contribution in [0.15, 0.2) is 45.6 Å². The number of esters is 1. The van der Waals surface area contributed by atoms with E-state index >= 15 is 0 Å². The molecule has 30 heavy (non-hydrogen) atoms. The molecule has 1 aliphatic carbocycles. The fraction of sp³-hybridized carbons (Fsp3) is 0.227. The minimum absolute atomic E-state index is 0.0882. The van der Waals surface area contributed by atoms with Crippen LogP contribution >= 0.6 is 22.9 Å². The first kappa shape index (κ1) is 19.1. The van der Waals surface area contributed by atoms with Gasteiger partial charge >= 0.3 is 5.97 Å². The van der Waals surface area contributed by atoms with E-state index < -0.39 is 5.97 Å². The zero-order valence-electron chi connectivity index (χ0n) is 16.1. The fourth-order valence-electron chi connectivity index (χ4n) is 3.90. The fourth-order valence-corrected chi connectivity index (χ4v) is 5.37. The van der Waals surface area contributed by atoms with Crippen LogP contribution in [-0.2, 0) is 24.1 Å². The predicted molar refractivity (Wildman–Crippen MR) is 116 cm³/mol. The zero-order chi connectivity index (χ0) is 20.8. The molecule has 1 aliphatic rings. The second kappa shape index (κ2) is 7.41. The van der Waals surface area contributed by atoms with Crippen molar-refractivity contribution in [1.29, 1.82) is 0 Å². The van der Waals surface area contributed by atoms with Crippen molar-refractivity contribution in [3.8, 4) is 11.4 Å². The van der Waals surface area contributed by atoms with Gasteiger partial charge in [-0.15, -0.1) is 11.3 Å². The Hall–Kier alpha value is -2.90. The number of carbonyl (C=O) groups is 1. The summed E-state index contributed by atoms with van der Waals surface area (Å²) in [5.74, 6) is 0.460. The van der Waals surface area contributed by atoms with Crippen LogP contribution < -0.4 is 5.56 Å². The lowest BCUT2D eigenvalue weighted by atomic mass is 10.1. The van der Waals surface area contributed by atoms with Gasteiger partial charge in [-0.1, -0.05) is 23.7 Å². The van der Waals surface area contributed by atoms with Gasteiger partial charge in [0.15, 0.2) is 0 Å². The molecule has 0 saturated carbocycles. The van der Waals surface area contributed by atoms with E-state index in [9.17, 15) is 9.59 Å². The molecule has 0 spiro atoms. The van der Waals surface area contributed by atoms with Crippen LogP contribution in [0, 0.1) is 0 Å². The quantitative estimate of drug-likeness (QED) is 0.430. The molecule has 3 heterocycles. The Bertz CT molecular complexity index is 1350. The predicted octanol–water partition coefficient (Wildman–Crippen LogP) is 4.70. The molecule has 0 unspecified atom stereocenters. The Morgan fingerprint density at radius 2 is 2.10 bits per heavy atom. The standard InChI is InChI=1S/C22H17ClN2O4S/c1-28-22(27)16-10-9-12(29-16)11-25-19(13-5-2-3-7-15(13)23)24-20-18(21(25)26)14-6-4-8-17(14)30-20/h2-3,5,7,9-10H,4,6,8,11H2,1H3. The highest BCUT2D eigenvalue weighted by Crippen LogP contribution is 2.36. The zero-order valence-corrected chi connectivity index (χ0v) is 17.7. The first-order valence-electron chi connectivity index (χ1n) is 9.54. The van der Waals surface area contributed by atoms with Gasteiger partial charge in [-0.2, -0.15) is 0 Å². The maximum Gasteiger partial charge on any atom is 0.373 e. The number of hydrogen-bond acceptors (Lipinski definition) is 6. The van der Waals surface area contributed by atoms with Crippen LogP contribution in [0.5, 0.6) is 0 Å². The van der Waals surface area contributed by atoms with E-state index in [1.54, 1.807) is 28.0 Å².